The maximum atomic E-state index is 12.1. The summed E-state index contributed by atoms with van der Waals surface area (Å²) in [5, 5.41) is 3.75. The van der Waals surface area contributed by atoms with Gasteiger partial charge in [0, 0.05) is 31.7 Å². The Hall–Kier alpha value is -1.36. The molecule has 1 aromatic rings. The quantitative estimate of drug-likeness (QED) is 0.742. The van der Waals surface area contributed by atoms with Crippen molar-refractivity contribution in [1.29, 1.82) is 0 Å². The summed E-state index contributed by atoms with van der Waals surface area (Å²) in [6, 6.07) is 0. The topological polar surface area (TPSA) is 49.6 Å². The van der Waals surface area contributed by atoms with Gasteiger partial charge in [-0.05, 0) is 13.5 Å². The zero-order valence-corrected chi connectivity index (χ0v) is 9.77. The zero-order valence-electron chi connectivity index (χ0n) is 9.77. The number of aromatic nitrogens is 1. The van der Waals surface area contributed by atoms with Crippen molar-refractivity contribution in [1.82, 2.24) is 15.0 Å². The minimum Gasteiger partial charge on any atom is -0.364 e. The molecule has 1 aliphatic heterocycles. The maximum Gasteiger partial charge on any atom is 0.276 e. The van der Waals surface area contributed by atoms with Crippen LogP contribution in [0.25, 0.3) is 0 Å². The van der Waals surface area contributed by atoms with E-state index in [1.54, 1.807) is 0 Å². The Balaban J connectivity index is 2.00. The van der Waals surface area contributed by atoms with Gasteiger partial charge in [-0.25, -0.2) is 0 Å². The smallest absolute Gasteiger partial charge is 0.276 e. The lowest BCUT2D eigenvalue weighted by Gasteiger charge is -2.33. The van der Waals surface area contributed by atoms with E-state index in [0.29, 0.717) is 5.69 Å². The molecular weight excluding hydrogens is 206 g/mol. The average molecular weight is 223 g/mol. The van der Waals surface area contributed by atoms with Crippen LogP contribution in [0.1, 0.15) is 23.0 Å². The molecule has 2 heterocycles. The molecule has 1 aromatic heterocycles. The molecular formula is C11H17N3O2. The predicted molar refractivity (Wildman–Crippen MR) is 59.3 cm³/mol. The van der Waals surface area contributed by atoms with Gasteiger partial charge < -0.3 is 14.3 Å². The Morgan fingerprint density at radius 1 is 1.44 bits per heavy atom. The summed E-state index contributed by atoms with van der Waals surface area (Å²) in [6.07, 6.45) is 1.51. The van der Waals surface area contributed by atoms with Gasteiger partial charge in [-0.15, -0.1) is 0 Å². The van der Waals surface area contributed by atoms with E-state index >= 15 is 0 Å². The van der Waals surface area contributed by atoms with Crippen molar-refractivity contribution < 1.29 is 9.32 Å². The fraction of sp³-hybridized carbons (Fsp3) is 0.636. The predicted octanol–water partition coefficient (Wildman–Crippen LogP) is 0.761. The number of piperazine rings is 1. The number of hydrogen-bond acceptors (Lipinski definition) is 4. The molecule has 16 heavy (non-hydrogen) atoms. The first-order valence-corrected chi connectivity index (χ1v) is 5.65. The Labute approximate surface area is 95.0 Å². The van der Waals surface area contributed by atoms with Crippen LogP contribution in [0.2, 0.25) is 0 Å². The summed E-state index contributed by atoms with van der Waals surface area (Å²) in [5.41, 5.74) is 1.26. The minimum atomic E-state index is -0.0120. The molecule has 0 aromatic carbocycles. The van der Waals surface area contributed by atoms with Crippen LogP contribution < -0.4 is 0 Å². The van der Waals surface area contributed by atoms with E-state index in [2.05, 4.69) is 17.0 Å². The lowest BCUT2D eigenvalue weighted by molar-refractivity contribution is 0.0632. The number of aryl methyl sites for hydroxylation is 1. The van der Waals surface area contributed by atoms with Crippen molar-refractivity contribution in [2.45, 2.75) is 13.8 Å². The normalized spacial score (nSPS) is 17.8. The zero-order chi connectivity index (χ0) is 11.5. The third-order valence-corrected chi connectivity index (χ3v) is 3.06. The fourth-order valence-electron chi connectivity index (χ4n) is 1.91. The summed E-state index contributed by atoms with van der Waals surface area (Å²) in [5.74, 6) is -0.0120. The van der Waals surface area contributed by atoms with E-state index in [1.807, 2.05) is 11.8 Å². The van der Waals surface area contributed by atoms with Crippen LogP contribution >= 0.6 is 0 Å². The van der Waals surface area contributed by atoms with E-state index < -0.39 is 0 Å². The second kappa shape index (κ2) is 4.65. The Kier molecular flexibility index (Phi) is 3.24. The highest BCUT2D eigenvalue weighted by molar-refractivity contribution is 5.93. The molecule has 1 aliphatic rings. The van der Waals surface area contributed by atoms with Crippen LogP contribution in [0.3, 0.4) is 0 Å². The molecule has 1 amide bonds. The molecule has 0 bridgehead atoms. The Morgan fingerprint density at radius 2 is 2.12 bits per heavy atom. The summed E-state index contributed by atoms with van der Waals surface area (Å²) in [7, 11) is 0. The summed E-state index contributed by atoms with van der Waals surface area (Å²) in [4.78, 5) is 16.2. The van der Waals surface area contributed by atoms with E-state index in [9.17, 15) is 4.79 Å². The number of hydrogen-bond donors (Lipinski definition) is 0. The molecule has 0 N–H and O–H groups in total. The molecule has 0 saturated carbocycles. The van der Waals surface area contributed by atoms with Crippen molar-refractivity contribution in [2.24, 2.45) is 0 Å². The maximum absolute atomic E-state index is 12.1. The molecule has 5 nitrogen and oxygen atoms in total. The first-order valence-electron chi connectivity index (χ1n) is 5.65. The van der Waals surface area contributed by atoms with Gasteiger partial charge in [-0.3, -0.25) is 4.79 Å². The molecule has 0 aliphatic carbocycles. The number of nitrogens with zero attached hydrogens (tertiary/aromatic N) is 3. The third kappa shape index (κ3) is 2.09. The van der Waals surface area contributed by atoms with E-state index in [0.717, 1.165) is 38.3 Å². The van der Waals surface area contributed by atoms with Crippen LogP contribution in [-0.4, -0.2) is 53.6 Å². The molecule has 0 atom stereocenters. The monoisotopic (exact) mass is 223 g/mol. The van der Waals surface area contributed by atoms with Crippen molar-refractivity contribution in [2.75, 3.05) is 32.7 Å². The largest absolute Gasteiger partial charge is 0.364 e. The summed E-state index contributed by atoms with van der Waals surface area (Å²) in [6.45, 7) is 8.46. The van der Waals surface area contributed by atoms with Gasteiger partial charge in [0.15, 0.2) is 5.69 Å². The van der Waals surface area contributed by atoms with Crippen LogP contribution in [0.5, 0.6) is 0 Å². The summed E-state index contributed by atoms with van der Waals surface area (Å²) >= 11 is 0. The fourth-order valence-corrected chi connectivity index (χ4v) is 1.91. The SMILES string of the molecule is CCN1CCN(C(=O)c2nocc2C)CC1. The van der Waals surface area contributed by atoms with Gasteiger partial charge in [0.25, 0.3) is 5.91 Å². The van der Waals surface area contributed by atoms with Gasteiger partial charge >= 0.3 is 0 Å². The van der Waals surface area contributed by atoms with Crippen LogP contribution in [-0.2, 0) is 0 Å². The second-order valence-electron chi connectivity index (χ2n) is 4.07. The van der Waals surface area contributed by atoms with Crippen molar-refractivity contribution in [3.8, 4) is 0 Å². The standard InChI is InChI=1S/C11H17N3O2/c1-3-13-4-6-14(7-5-13)11(15)10-9(2)8-16-12-10/h8H,3-7H2,1-2H3. The molecule has 0 spiro atoms. The van der Waals surface area contributed by atoms with Crippen molar-refractivity contribution in [3.05, 3.63) is 17.5 Å². The highest BCUT2D eigenvalue weighted by atomic mass is 16.5. The Morgan fingerprint density at radius 3 is 2.62 bits per heavy atom. The third-order valence-electron chi connectivity index (χ3n) is 3.06. The van der Waals surface area contributed by atoms with Crippen LogP contribution in [0, 0.1) is 6.92 Å². The van der Waals surface area contributed by atoms with Crippen molar-refractivity contribution in [3.63, 3.8) is 0 Å². The van der Waals surface area contributed by atoms with E-state index in [4.69, 9.17) is 4.52 Å². The first-order chi connectivity index (χ1) is 7.72. The minimum absolute atomic E-state index is 0.0120. The first kappa shape index (κ1) is 11.1. The number of carbonyl (C=O) groups is 1. The second-order valence-corrected chi connectivity index (χ2v) is 4.07. The van der Waals surface area contributed by atoms with Gasteiger partial charge in [-0.1, -0.05) is 12.1 Å². The van der Waals surface area contributed by atoms with Gasteiger partial charge in [0.2, 0.25) is 0 Å². The lowest BCUT2D eigenvalue weighted by atomic mass is 10.2. The number of likely N-dealkylation sites (N-methyl/N-ethyl adjacent to an activating group) is 1. The van der Waals surface area contributed by atoms with Gasteiger partial charge in [-0.2, -0.15) is 0 Å². The molecule has 1 saturated heterocycles. The number of amides is 1. The molecule has 0 radical (unpaired) electrons. The summed E-state index contributed by atoms with van der Waals surface area (Å²) < 4.78 is 4.79. The van der Waals surface area contributed by atoms with Crippen LogP contribution in [0.4, 0.5) is 0 Å². The molecule has 1 fully saturated rings. The highest BCUT2D eigenvalue weighted by Gasteiger charge is 2.24. The highest BCUT2D eigenvalue weighted by Crippen LogP contribution is 2.10. The van der Waals surface area contributed by atoms with Gasteiger partial charge in [0.05, 0.1) is 0 Å². The molecule has 88 valence electrons. The molecule has 2 rings (SSSR count). The molecule has 5 heteroatoms. The lowest BCUT2D eigenvalue weighted by Crippen LogP contribution is -2.48. The molecule has 0 unspecified atom stereocenters. The van der Waals surface area contributed by atoms with E-state index in [-0.39, 0.29) is 5.91 Å². The number of carbonyl (C=O) groups excluding carboxylic acids is 1. The van der Waals surface area contributed by atoms with Crippen LogP contribution in [0.15, 0.2) is 10.8 Å². The average Bonchev–Trinajstić information content (AvgIpc) is 2.75. The van der Waals surface area contributed by atoms with E-state index in [1.165, 1.54) is 6.26 Å². The van der Waals surface area contributed by atoms with Crippen molar-refractivity contribution >= 4 is 5.91 Å². The van der Waals surface area contributed by atoms with Gasteiger partial charge in [0.1, 0.15) is 6.26 Å². The number of rotatable bonds is 2. The Bertz CT molecular complexity index is 367.